The largest absolute Gasteiger partial charge is 0.356 e. The number of nitrogens with zero attached hydrogens (tertiary/aromatic N) is 4. The molecule has 8 heteroatoms. The Morgan fingerprint density at radius 2 is 2.22 bits per heavy atom. The van der Waals surface area contributed by atoms with Gasteiger partial charge >= 0.3 is 0 Å². The lowest BCUT2D eigenvalue weighted by Gasteiger charge is -2.35. The van der Waals surface area contributed by atoms with Crippen LogP contribution in [0.2, 0.25) is 0 Å². The zero-order valence-electron chi connectivity index (χ0n) is 13.8. The third-order valence-electron chi connectivity index (χ3n) is 4.41. The van der Waals surface area contributed by atoms with Crippen LogP contribution in [-0.2, 0) is 10.0 Å². The second kappa shape index (κ2) is 6.09. The zero-order valence-corrected chi connectivity index (χ0v) is 14.6. The predicted molar refractivity (Wildman–Crippen MR) is 91.0 cm³/mol. The van der Waals surface area contributed by atoms with Crippen molar-refractivity contribution in [1.82, 2.24) is 19.3 Å². The van der Waals surface area contributed by atoms with Crippen molar-refractivity contribution in [3.63, 3.8) is 0 Å². The van der Waals surface area contributed by atoms with E-state index in [4.69, 9.17) is 0 Å². The van der Waals surface area contributed by atoms with Crippen molar-refractivity contribution >= 4 is 26.9 Å². The Bertz CT molecular complexity index is 801. The molecule has 2 aromatic rings. The lowest BCUT2D eigenvalue weighted by molar-refractivity contribution is 0.336. The third-order valence-corrected chi connectivity index (χ3v) is 5.69. The number of fused-ring (bicyclic) bond motifs is 1. The van der Waals surface area contributed by atoms with Gasteiger partial charge in [0.1, 0.15) is 17.3 Å². The molecule has 0 saturated carbocycles. The van der Waals surface area contributed by atoms with Crippen LogP contribution in [0.25, 0.3) is 11.0 Å². The minimum absolute atomic E-state index is 0.313. The first-order valence-corrected chi connectivity index (χ1v) is 9.67. The summed E-state index contributed by atoms with van der Waals surface area (Å²) in [6.07, 6.45) is 5.21. The van der Waals surface area contributed by atoms with Crippen LogP contribution in [-0.4, -0.2) is 60.6 Å². The van der Waals surface area contributed by atoms with Crippen molar-refractivity contribution in [2.75, 3.05) is 37.8 Å². The van der Waals surface area contributed by atoms with Gasteiger partial charge in [0.2, 0.25) is 10.0 Å². The van der Waals surface area contributed by atoms with Crippen LogP contribution in [0.4, 0.5) is 5.82 Å². The second-order valence-corrected chi connectivity index (χ2v) is 8.42. The van der Waals surface area contributed by atoms with Crippen molar-refractivity contribution in [3.05, 3.63) is 18.1 Å². The number of hydrogen-bond donors (Lipinski definition) is 1. The second-order valence-electron chi connectivity index (χ2n) is 6.33. The summed E-state index contributed by atoms with van der Waals surface area (Å²) in [6, 6.07) is 2.00. The van der Waals surface area contributed by atoms with Gasteiger partial charge in [0.05, 0.1) is 11.6 Å². The molecule has 0 bridgehead atoms. The Balaban J connectivity index is 1.82. The van der Waals surface area contributed by atoms with Crippen LogP contribution in [0, 0.1) is 12.8 Å². The highest BCUT2D eigenvalue weighted by atomic mass is 32.2. The third kappa shape index (κ3) is 3.48. The maximum Gasteiger partial charge on any atom is 0.210 e. The molecule has 0 amide bonds. The maximum absolute atomic E-state index is 11.6. The first kappa shape index (κ1) is 16.2. The quantitative estimate of drug-likeness (QED) is 0.911. The summed E-state index contributed by atoms with van der Waals surface area (Å²) in [5.41, 5.74) is 0.850. The van der Waals surface area contributed by atoms with Gasteiger partial charge in [-0.25, -0.2) is 22.7 Å². The number of hydrogen-bond acceptors (Lipinski definition) is 5. The molecule has 1 aliphatic rings. The minimum atomic E-state index is -3.13. The van der Waals surface area contributed by atoms with E-state index in [0.717, 1.165) is 48.6 Å². The standard InChI is InChI=1S/C15H23N5O2S/c1-11-17-14-13(6-7-16-14)15(18-11)20-8-4-5-12(10-20)9-19(2)23(3,21)22/h6-7,12H,4-5,8-10H2,1-3H3,(H,16,17,18). The Hall–Kier alpha value is -1.67. The molecule has 0 radical (unpaired) electrons. The molecule has 1 unspecified atom stereocenters. The number of H-pyrrole nitrogens is 1. The lowest BCUT2D eigenvalue weighted by atomic mass is 9.98. The number of sulfonamides is 1. The van der Waals surface area contributed by atoms with Crippen LogP contribution in [0.1, 0.15) is 18.7 Å². The van der Waals surface area contributed by atoms with Gasteiger partial charge in [0, 0.05) is 32.9 Å². The number of aryl methyl sites for hydroxylation is 1. The van der Waals surface area contributed by atoms with Gasteiger partial charge in [0.15, 0.2) is 0 Å². The van der Waals surface area contributed by atoms with Crippen molar-refractivity contribution in [3.8, 4) is 0 Å². The number of aromatic nitrogens is 3. The first-order valence-electron chi connectivity index (χ1n) is 7.82. The summed E-state index contributed by atoms with van der Waals surface area (Å²) >= 11 is 0. The number of rotatable bonds is 4. The Morgan fingerprint density at radius 3 is 2.96 bits per heavy atom. The molecular weight excluding hydrogens is 314 g/mol. The van der Waals surface area contributed by atoms with Gasteiger partial charge in [-0.1, -0.05) is 0 Å². The molecule has 3 rings (SSSR count). The molecule has 0 aliphatic carbocycles. The molecule has 0 aromatic carbocycles. The molecule has 1 fully saturated rings. The van der Waals surface area contributed by atoms with Crippen molar-refractivity contribution < 1.29 is 8.42 Å². The number of piperidine rings is 1. The summed E-state index contributed by atoms with van der Waals surface area (Å²) in [6.45, 7) is 4.20. The van der Waals surface area contributed by atoms with E-state index >= 15 is 0 Å². The molecule has 0 spiro atoms. The van der Waals surface area contributed by atoms with E-state index in [-0.39, 0.29) is 0 Å². The molecule has 1 atom stereocenters. The van der Waals surface area contributed by atoms with Crippen LogP contribution < -0.4 is 4.90 Å². The molecule has 7 nitrogen and oxygen atoms in total. The molecule has 126 valence electrons. The average molecular weight is 337 g/mol. The van der Waals surface area contributed by atoms with Gasteiger partial charge in [0.25, 0.3) is 0 Å². The van der Waals surface area contributed by atoms with Crippen LogP contribution >= 0.6 is 0 Å². The normalized spacial score (nSPS) is 19.7. The SMILES string of the molecule is Cc1nc(N2CCCC(CN(C)S(C)(=O)=O)C2)c2cc[nH]c2n1. The van der Waals surface area contributed by atoms with Gasteiger partial charge in [-0.3, -0.25) is 0 Å². The highest BCUT2D eigenvalue weighted by Crippen LogP contribution is 2.28. The lowest BCUT2D eigenvalue weighted by Crippen LogP contribution is -2.41. The minimum Gasteiger partial charge on any atom is -0.356 e. The average Bonchev–Trinajstić information content (AvgIpc) is 2.93. The number of aromatic amines is 1. The smallest absolute Gasteiger partial charge is 0.210 e. The highest BCUT2D eigenvalue weighted by Gasteiger charge is 2.25. The van der Waals surface area contributed by atoms with Crippen molar-refractivity contribution in [2.24, 2.45) is 5.92 Å². The van der Waals surface area contributed by atoms with Gasteiger partial charge in [-0.15, -0.1) is 0 Å². The van der Waals surface area contributed by atoms with E-state index in [2.05, 4.69) is 19.9 Å². The summed E-state index contributed by atoms with van der Waals surface area (Å²) in [4.78, 5) is 14.4. The summed E-state index contributed by atoms with van der Waals surface area (Å²) < 4.78 is 24.7. The fraction of sp³-hybridized carbons (Fsp3) is 0.600. The number of anilines is 1. The van der Waals surface area contributed by atoms with Gasteiger partial charge in [-0.2, -0.15) is 0 Å². The van der Waals surface area contributed by atoms with Gasteiger partial charge in [-0.05, 0) is 31.7 Å². The predicted octanol–water partition coefficient (Wildman–Crippen LogP) is 1.37. The Kier molecular flexibility index (Phi) is 4.29. The molecule has 1 aliphatic heterocycles. The number of nitrogens with one attached hydrogen (secondary N) is 1. The van der Waals surface area contributed by atoms with Crippen LogP contribution in [0.3, 0.4) is 0 Å². The summed E-state index contributed by atoms with van der Waals surface area (Å²) in [7, 11) is -1.49. The molecular formula is C15H23N5O2S. The first-order chi connectivity index (χ1) is 10.8. The van der Waals surface area contributed by atoms with E-state index in [0.29, 0.717) is 12.5 Å². The molecule has 1 N–H and O–H groups in total. The fourth-order valence-corrected chi connectivity index (χ4v) is 3.66. The topological polar surface area (TPSA) is 82.2 Å². The van der Waals surface area contributed by atoms with Gasteiger partial charge < -0.3 is 9.88 Å². The van der Waals surface area contributed by atoms with E-state index in [9.17, 15) is 8.42 Å². The van der Waals surface area contributed by atoms with E-state index in [1.807, 2.05) is 19.2 Å². The molecule has 1 saturated heterocycles. The monoisotopic (exact) mass is 337 g/mol. The highest BCUT2D eigenvalue weighted by molar-refractivity contribution is 7.88. The van der Waals surface area contributed by atoms with Crippen LogP contribution in [0.15, 0.2) is 12.3 Å². The summed E-state index contributed by atoms with van der Waals surface area (Å²) in [5, 5.41) is 1.02. The van der Waals surface area contributed by atoms with E-state index in [1.54, 1.807) is 7.05 Å². The zero-order chi connectivity index (χ0) is 16.6. The van der Waals surface area contributed by atoms with E-state index in [1.165, 1.54) is 10.6 Å². The van der Waals surface area contributed by atoms with Crippen molar-refractivity contribution in [1.29, 1.82) is 0 Å². The molecule has 23 heavy (non-hydrogen) atoms. The Labute approximate surface area is 136 Å². The molecule has 2 aromatic heterocycles. The fourth-order valence-electron chi connectivity index (χ4n) is 3.18. The molecule has 3 heterocycles. The maximum atomic E-state index is 11.6. The van der Waals surface area contributed by atoms with E-state index < -0.39 is 10.0 Å². The Morgan fingerprint density at radius 1 is 1.43 bits per heavy atom. The van der Waals surface area contributed by atoms with Crippen LogP contribution in [0.5, 0.6) is 0 Å². The summed E-state index contributed by atoms with van der Waals surface area (Å²) in [5.74, 6) is 2.00. The van der Waals surface area contributed by atoms with Crippen molar-refractivity contribution in [2.45, 2.75) is 19.8 Å².